The van der Waals surface area contributed by atoms with Crippen molar-refractivity contribution in [1.29, 1.82) is 0 Å². The zero-order valence-corrected chi connectivity index (χ0v) is 17.5. The molecule has 162 valence electrons. The summed E-state index contributed by atoms with van der Waals surface area (Å²) in [4.78, 5) is 14.4. The summed E-state index contributed by atoms with van der Waals surface area (Å²) in [5, 5.41) is 2.89. The Labute approximate surface area is 175 Å². The van der Waals surface area contributed by atoms with Crippen molar-refractivity contribution in [2.45, 2.75) is 24.3 Å². The van der Waals surface area contributed by atoms with E-state index in [1.807, 2.05) is 11.8 Å². The molecule has 2 aromatic carbocycles. The number of amides is 1. The molecule has 0 unspecified atom stereocenters. The van der Waals surface area contributed by atoms with Crippen molar-refractivity contribution in [3.05, 3.63) is 65.7 Å². The SMILES string of the molecule is C[C@@H](NC(=O)CN1CCCN(S(=O)(=O)c2ccc(F)cc2)CC1)c1ccc(F)cc1. The van der Waals surface area contributed by atoms with Gasteiger partial charge in [-0.05, 0) is 61.9 Å². The van der Waals surface area contributed by atoms with Crippen molar-refractivity contribution in [3.8, 4) is 0 Å². The summed E-state index contributed by atoms with van der Waals surface area (Å²) >= 11 is 0. The van der Waals surface area contributed by atoms with E-state index < -0.39 is 15.8 Å². The summed E-state index contributed by atoms with van der Waals surface area (Å²) in [6, 6.07) is 10.5. The predicted octanol–water partition coefficient (Wildman–Crippen LogP) is 2.54. The number of rotatable bonds is 6. The monoisotopic (exact) mass is 437 g/mol. The van der Waals surface area contributed by atoms with E-state index in [4.69, 9.17) is 0 Å². The minimum atomic E-state index is -3.70. The van der Waals surface area contributed by atoms with Crippen LogP contribution in [-0.2, 0) is 14.8 Å². The molecule has 0 spiro atoms. The van der Waals surface area contributed by atoms with Gasteiger partial charge in [0, 0.05) is 19.6 Å². The third kappa shape index (κ3) is 5.62. The Hall–Kier alpha value is -2.36. The van der Waals surface area contributed by atoms with E-state index in [1.54, 1.807) is 12.1 Å². The van der Waals surface area contributed by atoms with Gasteiger partial charge in [0.25, 0.3) is 0 Å². The lowest BCUT2D eigenvalue weighted by atomic mass is 10.1. The maximum absolute atomic E-state index is 13.1. The number of hydrogen-bond acceptors (Lipinski definition) is 4. The fourth-order valence-electron chi connectivity index (χ4n) is 3.43. The lowest BCUT2D eigenvalue weighted by Crippen LogP contribution is -2.40. The molecule has 3 rings (SSSR count). The highest BCUT2D eigenvalue weighted by molar-refractivity contribution is 7.89. The van der Waals surface area contributed by atoms with Crippen molar-refractivity contribution in [2.24, 2.45) is 0 Å². The average Bonchev–Trinajstić information content (AvgIpc) is 2.94. The minimum absolute atomic E-state index is 0.0585. The van der Waals surface area contributed by atoms with E-state index in [1.165, 1.54) is 28.6 Å². The molecule has 6 nitrogen and oxygen atoms in total. The Balaban J connectivity index is 1.55. The lowest BCUT2D eigenvalue weighted by molar-refractivity contribution is -0.122. The van der Waals surface area contributed by atoms with Crippen LogP contribution < -0.4 is 5.32 Å². The van der Waals surface area contributed by atoms with Gasteiger partial charge in [0.2, 0.25) is 15.9 Å². The quantitative estimate of drug-likeness (QED) is 0.754. The highest BCUT2D eigenvalue weighted by Gasteiger charge is 2.27. The van der Waals surface area contributed by atoms with E-state index in [9.17, 15) is 22.0 Å². The Kier molecular flexibility index (Phi) is 7.17. The van der Waals surface area contributed by atoms with Crippen LogP contribution in [0, 0.1) is 11.6 Å². The second kappa shape index (κ2) is 9.63. The first-order chi connectivity index (χ1) is 14.3. The van der Waals surface area contributed by atoms with Crippen LogP contribution in [0.25, 0.3) is 0 Å². The van der Waals surface area contributed by atoms with Gasteiger partial charge >= 0.3 is 0 Å². The maximum atomic E-state index is 13.1. The zero-order valence-electron chi connectivity index (χ0n) is 16.7. The molecule has 9 heteroatoms. The standard InChI is InChI=1S/C21H25F2N3O3S/c1-16(17-3-5-18(22)6-4-17)24-21(27)15-25-11-2-12-26(14-13-25)30(28,29)20-9-7-19(23)8-10-20/h3-10,16H,2,11-15H2,1H3,(H,24,27)/t16-/m1/s1. The van der Waals surface area contributed by atoms with Gasteiger partial charge in [-0.1, -0.05) is 12.1 Å². The highest BCUT2D eigenvalue weighted by atomic mass is 32.2. The third-order valence-corrected chi connectivity index (χ3v) is 7.03. The summed E-state index contributed by atoms with van der Waals surface area (Å²) in [6.07, 6.45) is 0.585. The number of hydrogen-bond donors (Lipinski definition) is 1. The van der Waals surface area contributed by atoms with E-state index in [0.717, 1.165) is 17.7 Å². The molecule has 1 aliphatic rings. The highest BCUT2D eigenvalue weighted by Crippen LogP contribution is 2.18. The van der Waals surface area contributed by atoms with Crippen LogP contribution in [-0.4, -0.2) is 56.3 Å². The number of benzene rings is 2. The minimum Gasteiger partial charge on any atom is -0.348 e. The summed E-state index contributed by atoms with van der Waals surface area (Å²) < 4.78 is 53.1. The van der Waals surface area contributed by atoms with Crippen molar-refractivity contribution in [1.82, 2.24) is 14.5 Å². The average molecular weight is 438 g/mol. The van der Waals surface area contributed by atoms with Gasteiger partial charge < -0.3 is 5.32 Å². The van der Waals surface area contributed by atoms with Crippen LogP contribution in [0.5, 0.6) is 0 Å². The van der Waals surface area contributed by atoms with Gasteiger partial charge in [-0.3, -0.25) is 9.69 Å². The second-order valence-corrected chi connectivity index (χ2v) is 9.27. The molecular formula is C21H25F2N3O3S. The Morgan fingerprint density at radius 2 is 1.57 bits per heavy atom. The van der Waals surface area contributed by atoms with Gasteiger partial charge in [-0.2, -0.15) is 4.31 Å². The van der Waals surface area contributed by atoms with E-state index in [-0.39, 0.29) is 35.8 Å². The van der Waals surface area contributed by atoms with Crippen LogP contribution >= 0.6 is 0 Å². The first-order valence-corrected chi connectivity index (χ1v) is 11.2. The van der Waals surface area contributed by atoms with Gasteiger partial charge in [-0.15, -0.1) is 0 Å². The second-order valence-electron chi connectivity index (χ2n) is 7.33. The van der Waals surface area contributed by atoms with Gasteiger partial charge in [-0.25, -0.2) is 17.2 Å². The largest absolute Gasteiger partial charge is 0.348 e. The molecule has 0 saturated carbocycles. The smallest absolute Gasteiger partial charge is 0.243 e. The van der Waals surface area contributed by atoms with Crippen molar-refractivity contribution in [2.75, 3.05) is 32.7 Å². The number of carbonyl (C=O) groups excluding carboxylic acids is 1. The Bertz CT molecular complexity index is 966. The van der Waals surface area contributed by atoms with E-state index >= 15 is 0 Å². The van der Waals surface area contributed by atoms with E-state index in [2.05, 4.69) is 5.32 Å². The van der Waals surface area contributed by atoms with Crippen LogP contribution in [0.4, 0.5) is 8.78 Å². The Morgan fingerprint density at radius 3 is 2.20 bits per heavy atom. The molecule has 1 N–H and O–H groups in total. The fourth-order valence-corrected chi connectivity index (χ4v) is 4.90. The molecular weight excluding hydrogens is 412 g/mol. The van der Waals surface area contributed by atoms with Crippen molar-refractivity contribution < 1.29 is 22.0 Å². The molecule has 1 aliphatic heterocycles. The summed E-state index contributed by atoms with van der Waals surface area (Å²) in [5.41, 5.74) is 0.803. The van der Waals surface area contributed by atoms with Gasteiger partial charge in [0.15, 0.2) is 0 Å². The summed E-state index contributed by atoms with van der Waals surface area (Å²) in [6.45, 7) is 3.57. The molecule has 0 radical (unpaired) electrons. The maximum Gasteiger partial charge on any atom is 0.243 e. The molecule has 0 aliphatic carbocycles. The zero-order chi connectivity index (χ0) is 21.7. The molecule has 0 aromatic heterocycles. The van der Waals surface area contributed by atoms with Crippen LogP contribution in [0.3, 0.4) is 0 Å². The fraction of sp³-hybridized carbons (Fsp3) is 0.381. The molecule has 30 heavy (non-hydrogen) atoms. The van der Waals surface area contributed by atoms with Crippen LogP contribution in [0.15, 0.2) is 53.4 Å². The molecule has 1 fully saturated rings. The first kappa shape index (κ1) is 22.3. The third-order valence-electron chi connectivity index (χ3n) is 5.11. The predicted molar refractivity (Wildman–Crippen MR) is 109 cm³/mol. The number of nitrogens with one attached hydrogen (secondary N) is 1. The van der Waals surface area contributed by atoms with Crippen LogP contribution in [0.2, 0.25) is 0 Å². The number of carbonyl (C=O) groups is 1. The van der Waals surface area contributed by atoms with Crippen LogP contribution in [0.1, 0.15) is 24.9 Å². The van der Waals surface area contributed by atoms with Gasteiger partial charge in [0.05, 0.1) is 17.5 Å². The Morgan fingerprint density at radius 1 is 0.967 bits per heavy atom. The summed E-state index contributed by atoms with van der Waals surface area (Å²) in [7, 11) is -3.70. The number of halogens is 2. The molecule has 1 amide bonds. The van der Waals surface area contributed by atoms with Crippen molar-refractivity contribution in [3.63, 3.8) is 0 Å². The number of nitrogens with zero attached hydrogens (tertiary/aromatic N) is 2. The molecule has 1 heterocycles. The molecule has 0 bridgehead atoms. The lowest BCUT2D eigenvalue weighted by Gasteiger charge is -2.22. The van der Waals surface area contributed by atoms with Crippen molar-refractivity contribution >= 4 is 15.9 Å². The summed E-state index contributed by atoms with van der Waals surface area (Å²) in [5.74, 6) is -1.000. The van der Waals surface area contributed by atoms with E-state index in [0.29, 0.717) is 26.1 Å². The number of sulfonamides is 1. The molecule has 1 atom stereocenters. The molecule has 2 aromatic rings. The topological polar surface area (TPSA) is 69.7 Å². The first-order valence-electron chi connectivity index (χ1n) is 9.78. The molecule has 1 saturated heterocycles. The van der Waals surface area contributed by atoms with Gasteiger partial charge in [0.1, 0.15) is 11.6 Å². The normalized spacial score (nSPS) is 17.3.